The number of ether oxygens (including phenoxy) is 1. The lowest BCUT2D eigenvalue weighted by atomic mass is 9.88. The van der Waals surface area contributed by atoms with Gasteiger partial charge in [0, 0.05) is 0 Å². The monoisotopic (exact) mass is 255 g/mol. The number of nitrogens with two attached hydrogens (primary N) is 1. The molecule has 0 rings (SSSR count). The van der Waals surface area contributed by atoms with E-state index in [0.29, 0.717) is 12.8 Å². The van der Waals surface area contributed by atoms with Gasteiger partial charge in [0.05, 0.1) is 6.42 Å². The predicted molar refractivity (Wildman–Crippen MR) is 71.9 cm³/mol. The van der Waals surface area contributed by atoms with Crippen molar-refractivity contribution in [3.8, 4) is 0 Å². The van der Waals surface area contributed by atoms with Crippen LogP contribution in [-0.2, 0) is 14.3 Å². The second-order valence-corrected chi connectivity index (χ2v) is 4.62. The van der Waals surface area contributed by atoms with Crippen LogP contribution in [0.15, 0.2) is 12.7 Å². The fraction of sp³-hybridized carbons (Fsp3) is 0.714. The van der Waals surface area contributed by atoms with E-state index in [1.807, 2.05) is 13.8 Å². The second kappa shape index (κ2) is 8.86. The summed E-state index contributed by atoms with van der Waals surface area (Å²) < 4.78 is 4.78. The molecule has 0 aromatic rings. The standard InChI is InChI=1S/C14H25NO3/c1-4-7-10-14(15,11-8-5-2)13(17)18-12(16)9-6-3/h6H,3-5,7-11,15H2,1-2H3. The van der Waals surface area contributed by atoms with Crippen molar-refractivity contribution in [3.05, 3.63) is 12.7 Å². The summed E-state index contributed by atoms with van der Waals surface area (Å²) in [6.07, 6.45) is 6.18. The molecule has 0 amide bonds. The van der Waals surface area contributed by atoms with Crippen molar-refractivity contribution in [1.82, 2.24) is 0 Å². The highest BCUT2D eigenvalue weighted by Crippen LogP contribution is 2.21. The van der Waals surface area contributed by atoms with Crippen molar-refractivity contribution in [2.75, 3.05) is 0 Å². The van der Waals surface area contributed by atoms with Crippen LogP contribution in [0.25, 0.3) is 0 Å². The van der Waals surface area contributed by atoms with Gasteiger partial charge in [0.25, 0.3) is 0 Å². The molecule has 0 spiro atoms. The quantitative estimate of drug-likeness (QED) is 0.391. The molecule has 0 heterocycles. The molecule has 0 atom stereocenters. The molecule has 0 saturated carbocycles. The Morgan fingerprint density at radius 2 is 1.72 bits per heavy atom. The maximum atomic E-state index is 12.0. The Kier molecular flexibility index (Phi) is 8.29. The average Bonchev–Trinajstić information content (AvgIpc) is 2.34. The highest BCUT2D eigenvalue weighted by Gasteiger charge is 2.35. The highest BCUT2D eigenvalue weighted by molar-refractivity contribution is 5.91. The summed E-state index contributed by atoms with van der Waals surface area (Å²) in [5, 5.41) is 0. The zero-order valence-corrected chi connectivity index (χ0v) is 11.5. The summed E-state index contributed by atoms with van der Waals surface area (Å²) in [5.74, 6) is -1.19. The average molecular weight is 255 g/mol. The minimum atomic E-state index is -1.02. The van der Waals surface area contributed by atoms with Crippen molar-refractivity contribution in [3.63, 3.8) is 0 Å². The third kappa shape index (κ3) is 5.96. The summed E-state index contributed by atoms with van der Waals surface area (Å²) >= 11 is 0. The number of esters is 2. The number of carbonyl (C=O) groups excluding carboxylic acids is 2. The fourth-order valence-corrected chi connectivity index (χ4v) is 1.68. The molecule has 0 aliphatic rings. The molecule has 4 nitrogen and oxygen atoms in total. The van der Waals surface area contributed by atoms with Crippen molar-refractivity contribution >= 4 is 11.9 Å². The van der Waals surface area contributed by atoms with Crippen LogP contribution in [0.5, 0.6) is 0 Å². The van der Waals surface area contributed by atoms with E-state index in [0.717, 1.165) is 25.7 Å². The number of rotatable bonds is 9. The van der Waals surface area contributed by atoms with Crippen molar-refractivity contribution in [2.45, 2.75) is 64.3 Å². The largest absolute Gasteiger partial charge is 0.392 e. The molecule has 0 aliphatic carbocycles. The molecular weight excluding hydrogens is 230 g/mol. The molecule has 0 fully saturated rings. The molecule has 2 N–H and O–H groups in total. The topological polar surface area (TPSA) is 69.4 Å². The van der Waals surface area contributed by atoms with Gasteiger partial charge in [0.2, 0.25) is 0 Å². The van der Waals surface area contributed by atoms with Gasteiger partial charge in [-0.2, -0.15) is 0 Å². The fourth-order valence-electron chi connectivity index (χ4n) is 1.68. The molecule has 0 saturated heterocycles. The molecule has 0 aromatic carbocycles. The lowest BCUT2D eigenvalue weighted by Crippen LogP contribution is -2.49. The van der Waals surface area contributed by atoms with Crippen molar-refractivity contribution < 1.29 is 14.3 Å². The Balaban J connectivity index is 4.56. The van der Waals surface area contributed by atoms with Crippen LogP contribution >= 0.6 is 0 Å². The SMILES string of the molecule is C=CCC(=O)OC(=O)C(N)(CCCC)CCCC. The van der Waals surface area contributed by atoms with Crippen molar-refractivity contribution in [2.24, 2.45) is 5.73 Å². The van der Waals surface area contributed by atoms with Gasteiger partial charge in [-0.25, -0.2) is 4.79 Å². The summed E-state index contributed by atoms with van der Waals surface area (Å²) in [6, 6.07) is 0. The molecule has 0 radical (unpaired) electrons. The van der Waals surface area contributed by atoms with Gasteiger partial charge >= 0.3 is 11.9 Å². The minimum absolute atomic E-state index is 0.0311. The molecule has 104 valence electrons. The summed E-state index contributed by atoms with van der Waals surface area (Å²) in [4.78, 5) is 23.2. The van der Waals surface area contributed by atoms with E-state index >= 15 is 0 Å². The summed E-state index contributed by atoms with van der Waals surface area (Å²) in [6.45, 7) is 7.50. The lowest BCUT2D eigenvalue weighted by Gasteiger charge is -2.26. The smallest absolute Gasteiger partial charge is 0.333 e. The Hall–Kier alpha value is -1.16. The number of hydrogen-bond acceptors (Lipinski definition) is 4. The molecule has 0 bridgehead atoms. The first-order chi connectivity index (χ1) is 8.50. The molecule has 0 aliphatic heterocycles. The van der Waals surface area contributed by atoms with Crippen LogP contribution in [0.1, 0.15) is 58.8 Å². The molecule has 4 heteroatoms. The third-order valence-corrected chi connectivity index (χ3v) is 2.88. The van der Waals surface area contributed by atoms with E-state index in [4.69, 9.17) is 10.5 Å². The minimum Gasteiger partial charge on any atom is -0.392 e. The van der Waals surface area contributed by atoms with Crippen LogP contribution in [0.3, 0.4) is 0 Å². The Morgan fingerprint density at radius 1 is 1.22 bits per heavy atom. The Labute approximate surface area is 110 Å². The maximum Gasteiger partial charge on any atom is 0.333 e. The zero-order chi connectivity index (χ0) is 14.0. The van der Waals surface area contributed by atoms with Crippen LogP contribution < -0.4 is 5.73 Å². The second-order valence-electron chi connectivity index (χ2n) is 4.62. The van der Waals surface area contributed by atoms with E-state index in [9.17, 15) is 9.59 Å². The summed E-state index contributed by atoms with van der Waals surface area (Å²) in [7, 11) is 0. The maximum absolute atomic E-state index is 12.0. The van der Waals surface area contributed by atoms with Gasteiger partial charge in [-0.3, -0.25) is 4.79 Å². The Bertz CT molecular complexity index is 279. The number of hydrogen-bond donors (Lipinski definition) is 1. The van der Waals surface area contributed by atoms with E-state index in [1.165, 1.54) is 6.08 Å². The normalized spacial score (nSPS) is 11.1. The number of unbranched alkanes of at least 4 members (excludes halogenated alkanes) is 2. The van der Waals surface area contributed by atoms with Gasteiger partial charge in [0.15, 0.2) is 0 Å². The van der Waals surface area contributed by atoms with Gasteiger partial charge in [-0.05, 0) is 12.8 Å². The van der Waals surface area contributed by atoms with E-state index < -0.39 is 17.5 Å². The first-order valence-corrected chi connectivity index (χ1v) is 6.65. The number of carbonyl (C=O) groups is 2. The molecular formula is C14H25NO3. The predicted octanol–water partition coefficient (Wildman–Crippen LogP) is 2.71. The van der Waals surface area contributed by atoms with Crippen LogP contribution in [0, 0.1) is 0 Å². The third-order valence-electron chi connectivity index (χ3n) is 2.88. The first-order valence-electron chi connectivity index (χ1n) is 6.65. The first kappa shape index (κ1) is 16.8. The molecule has 0 aromatic heterocycles. The Morgan fingerprint density at radius 3 is 2.11 bits per heavy atom. The summed E-state index contributed by atoms with van der Waals surface area (Å²) in [5.41, 5.74) is 5.08. The van der Waals surface area contributed by atoms with E-state index in [-0.39, 0.29) is 6.42 Å². The lowest BCUT2D eigenvalue weighted by molar-refractivity contribution is -0.163. The molecule has 0 unspecified atom stereocenters. The van der Waals surface area contributed by atoms with E-state index in [1.54, 1.807) is 0 Å². The van der Waals surface area contributed by atoms with Crippen LogP contribution in [-0.4, -0.2) is 17.5 Å². The van der Waals surface area contributed by atoms with Gasteiger partial charge in [-0.15, -0.1) is 6.58 Å². The van der Waals surface area contributed by atoms with Gasteiger partial charge in [0.1, 0.15) is 5.54 Å². The highest BCUT2D eigenvalue weighted by atomic mass is 16.6. The van der Waals surface area contributed by atoms with Gasteiger partial charge < -0.3 is 10.5 Å². The van der Waals surface area contributed by atoms with Gasteiger partial charge in [-0.1, -0.05) is 45.6 Å². The van der Waals surface area contributed by atoms with Crippen LogP contribution in [0.4, 0.5) is 0 Å². The van der Waals surface area contributed by atoms with E-state index in [2.05, 4.69) is 6.58 Å². The van der Waals surface area contributed by atoms with Crippen molar-refractivity contribution in [1.29, 1.82) is 0 Å². The zero-order valence-electron chi connectivity index (χ0n) is 11.5. The van der Waals surface area contributed by atoms with Crippen LogP contribution in [0.2, 0.25) is 0 Å². The molecule has 18 heavy (non-hydrogen) atoms.